The zero-order chi connectivity index (χ0) is 20.2. The summed E-state index contributed by atoms with van der Waals surface area (Å²) in [5.74, 6) is 7.06. The van der Waals surface area contributed by atoms with E-state index in [1.54, 1.807) is 6.20 Å². The number of fused-ring (bicyclic) bond motifs is 5. The van der Waals surface area contributed by atoms with Crippen LogP contribution in [-0.2, 0) is 6.42 Å². The maximum Gasteiger partial charge on any atom is 0.339 e. The van der Waals surface area contributed by atoms with Gasteiger partial charge in [-0.2, -0.15) is 9.78 Å². The van der Waals surface area contributed by atoms with Crippen LogP contribution in [0.1, 0.15) is 36.9 Å². The van der Waals surface area contributed by atoms with Crippen LogP contribution in [0.5, 0.6) is 5.75 Å². The van der Waals surface area contributed by atoms with Gasteiger partial charge in [-0.1, -0.05) is 11.8 Å². The van der Waals surface area contributed by atoms with Crippen molar-refractivity contribution in [2.24, 2.45) is 5.73 Å². The van der Waals surface area contributed by atoms with Crippen molar-refractivity contribution < 1.29 is 14.6 Å². The van der Waals surface area contributed by atoms with Gasteiger partial charge >= 0.3 is 6.03 Å². The maximum absolute atomic E-state index is 11.5. The Bertz CT molecular complexity index is 1030. The van der Waals surface area contributed by atoms with E-state index in [4.69, 9.17) is 10.5 Å². The van der Waals surface area contributed by atoms with E-state index < -0.39 is 11.6 Å². The van der Waals surface area contributed by atoms with E-state index >= 15 is 0 Å². The molecule has 2 aromatic rings. The van der Waals surface area contributed by atoms with Gasteiger partial charge in [0.15, 0.2) is 0 Å². The number of hydrogen-bond donors (Lipinski definition) is 2. The summed E-state index contributed by atoms with van der Waals surface area (Å²) in [6.07, 6.45) is 5.89. The van der Waals surface area contributed by atoms with Gasteiger partial charge in [0.1, 0.15) is 11.4 Å². The molecule has 3 N–H and O–H groups in total. The zero-order valence-corrected chi connectivity index (χ0v) is 16.4. The van der Waals surface area contributed by atoms with E-state index in [1.807, 2.05) is 18.2 Å². The summed E-state index contributed by atoms with van der Waals surface area (Å²) in [7, 11) is 2.14. The molecule has 0 radical (unpaired) electrons. The highest BCUT2D eigenvalue weighted by atomic mass is 16.5. The van der Waals surface area contributed by atoms with Crippen molar-refractivity contribution in [3.8, 4) is 28.7 Å². The first-order valence-corrected chi connectivity index (χ1v) is 10.0. The third-order valence-electron chi connectivity index (χ3n) is 6.45. The second kappa shape index (κ2) is 6.61. The number of nitrogens with zero attached hydrogens (tertiary/aromatic N) is 3. The van der Waals surface area contributed by atoms with Gasteiger partial charge in [0.2, 0.25) is 0 Å². The molecule has 2 unspecified atom stereocenters. The topological polar surface area (TPSA) is 93.6 Å². The molecule has 2 atom stereocenters. The lowest BCUT2D eigenvalue weighted by Crippen LogP contribution is -2.48. The number of carbonyl (C=O) groups excluding carboxylic acids is 1. The number of piperidine rings is 1. The monoisotopic (exact) mass is 392 g/mol. The van der Waals surface area contributed by atoms with E-state index in [-0.39, 0.29) is 0 Å². The number of amides is 1. The van der Waals surface area contributed by atoms with Crippen LogP contribution >= 0.6 is 0 Å². The summed E-state index contributed by atoms with van der Waals surface area (Å²) in [6.45, 7) is 0.483. The number of benzene rings is 1. The van der Waals surface area contributed by atoms with Gasteiger partial charge in [0.25, 0.3) is 0 Å². The zero-order valence-electron chi connectivity index (χ0n) is 16.4. The second-order valence-corrected chi connectivity index (χ2v) is 8.32. The van der Waals surface area contributed by atoms with Crippen LogP contribution < -0.4 is 10.5 Å². The average molecular weight is 392 g/mol. The smallest absolute Gasteiger partial charge is 0.339 e. The van der Waals surface area contributed by atoms with Crippen molar-refractivity contribution in [1.29, 1.82) is 0 Å². The van der Waals surface area contributed by atoms with E-state index in [0.717, 1.165) is 45.7 Å². The lowest BCUT2D eigenvalue weighted by atomic mass is 9.86. The number of nitrogens with two attached hydrogens (primary N) is 1. The Morgan fingerprint density at radius 1 is 1.31 bits per heavy atom. The van der Waals surface area contributed by atoms with Gasteiger partial charge in [0, 0.05) is 54.2 Å². The number of primary amides is 1. The summed E-state index contributed by atoms with van der Waals surface area (Å²) in [6, 6.07) is 5.94. The van der Waals surface area contributed by atoms with Crippen LogP contribution in [0.15, 0.2) is 24.4 Å². The normalized spacial score (nSPS) is 27.8. The molecule has 2 saturated heterocycles. The van der Waals surface area contributed by atoms with Crippen LogP contribution in [-0.4, -0.2) is 57.2 Å². The maximum atomic E-state index is 11.5. The Morgan fingerprint density at radius 2 is 2.07 bits per heavy atom. The molecule has 0 aliphatic carbocycles. The van der Waals surface area contributed by atoms with Crippen LogP contribution in [0, 0.1) is 11.8 Å². The summed E-state index contributed by atoms with van der Waals surface area (Å²) in [5.41, 5.74) is 7.68. The van der Waals surface area contributed by atoms with Crippen molar-refractivity contribution in [3.63, 3.8) is 0 Å². The molecule has 3 aliphatic heterocycles. The predicted octanol–water partition coefficient (Wildman–Crippen LogP) is 1.75. The molecule has 1 aromatic heterocycles. The number of carbonyl (C=O) groups is 1. The standard InChI is InChI=1S/C22H24N4O3/c1-25-15-3-4-16(25)12-22(28,11-15)8-6-14-2-5-20-17(10-14)18-13-26(21(23)27)24-19(18)7-9-29-20/h2,5,10,13,15-16,28H,3-4,7,9,11-12H2,1H3,(H2,23,27). The molecule has 5 rings (SSSR count). The number of rotatable bonds is 0. The highest BCUT2D eigenvalue weighted by Gasteiger charge is 2.45. The van der Waals surface area contributed by atoms with Crippen molar-refractivity contribution in [2.75, 3.05) is 13.7 Å². The van der Waals surface area contributed by atoms with Crippen molar-refractivity contribution in [2.45, 2.75) is 49.8 Å². The molecule has 7 heteroatoms. The first-order valence-electron chi connectivity index (χ1n) is 10.0. The first kappa shape index (κ1) is 18.2. The Labute approximate surface area is 169 Å². The van der Waals surface area contributed by atoms with Crippen LogP contribution in [0.3, 0.4) is 0 Å². The van der Waals surface area contributed by atoms with Gasteiger partial charge in [-0.25, -0.2) is 4.79 Å². The fourth-order valence-electron chi connectivity index (χ4n) is 4.87. The van der Waals surface area contributed by atoms with E-state index in [2.05, 4.69) is 28.9 Å². The van der Waals surface area contributed by atoms with Crippen molar-refractivity contribution in [1.82, 2.24) is 14.7 Å². The highest BCUT2D eigenvalue weighted by Crippen LogP contribution is 2.40. The van der Waals surface area contributed by atoms with Gasteiger partial charge in [-0.3, -0.25) is 0 Å². The lowest BCUT2D eigenvalue weighted by Gasteiger charge is -2.39. The van der Waals surface area contributed by atoms with Gasteiger partial charge in [0.05, 0.1) is 12.3 Å². The Hall–Kier alpha value is -2.82. The molecule has 0 saturated carbocycles. The average Bonchev–Trinajstić information content (AvgIpc) is 3.14. The third-order valence-corrected chi connectivity index (χ3v) is 6.45. The molecule has 1 aromatic carbocycles. The fourth-order valence-corrected chi connectivity index (χ4v) is 4.87. The molecule has 1 amide bonds. The van der Waals surface area contributed by atoms with Gasteiger partial charge < -0.3 is 20.5 Å². The second-order valence-electron chi connectivity index (χ2n) is 8.32. The molecule has 150 valence electrons. The molecular weight excluding hydrogens is 368 g/mol. The minimum atomic E-state index is -0.941. The summed E-state index contributed by atoms with van der Waals surface area (Å²) in [5, 5.41) is 15.3. The molecule has 3 aliphatic rings. The van der Waals surface area contributed by atoms with E-state index in [9.17, 15) is 9.90 Å². The Morgan fingerprint density at radius 3 is 2.79 bits per heavy atom. The largest absolute Gasteiger partial charge is 0.493 e. The quantitative estimate of drug-likeness (QED) is 0.667. The summed E-state index contributed by atoms with van der Waals surface area (Å²) in [4.78, 5) is 13.9. The number of ether oxygens (including phenoxy) is 1. The molecule has 7 nitrogen and oxygen atoms in total. The van der Waals surface area contributed by atoms with Crippen molar-refractivity contribution in [3.05, 3.63) is 35.7 Å². The lowest BCUT2D eigenvalue weighted by molar-refractivity contribution is -0.000203. The summed E-state index contributed by atoms with van der Waals surface area (Å²) < 4.78 is 7.00. The number of aliphatic hydroxyl groups is 1. The molecule has 0 spiro atoms. The van der Waals surface area contributed by atoms with Crippen LogP contribution in [0.2, 0.25) is 0 Å². The number of aromatic nitrogens is 2. The first-order chi connectivity index (χ1) is 13.9. The van der Waals surface area contributed by atoms with Gasteiger partial charge in [-0.15, -0.1) is 0 Å². The van der Waals surface area contributed by atoms with E-state index in [1.165, 1.54) is 0 Å². The Kier molecular flexibility index (Phi) is 4.16. The molecular formula is C22H24N4O3. The SMILES string of the molecule is CN1C2CCC1CC(O)(C#Cc1ccc3c(c1)-c1cn(C(N)=O)nc1CCO3)C2. The molecule has 2 bridgehead atoms. The molecule has 29 heavy (non-hydrogen) atoms. The highest BCUT2D eigenvalue weighted by molar-refractivity contribution is 5.79. The van der Waals surface area contributed by atoms with E-state index in [0.29, 0.717) is 38.0 Å². The van der Waals surface area contributed by atoms with Gasteiger partial charge in [-0.05, 0) is 38.1 Å². The number of hydrogen-bond acceptors (Lipinski definition) is 5. The third kappa shape index (κ3) is 3.18. The minimum absolute atomic E-state index is 0.413. The fraction of sp³-hybridized carbons (Fsp3) is 0.455. The minimum Gasteiger partial charge on any atom is -0.493 e. The van der Waals surface area contributed by atoms with Crippen molar-refractivity contribution >= 4 is 6.03 Å². The van der Waals surface area contributed by atoms with Crippen LogP contribution in [0.25, 0.3) is 11.1 Å². The summed E-state index contributed by atoms with van der Waals surface area (Å²) >= 11 is 0. The molecule has 4 heterocycles. The molecule has 2 fully saturated rings. The predicted molar refractivity (Wildman–Crippen MR) is 107 cm³/mol. The Balaban J connectivity index is 1.48. The van der Waals surface area contributed by atoms with Crippen LogP contribution in [0.4, 0.5) is 4.79 Å².